The van der Waals surface area contributed by atoms with Crippen LogP contribution in [0.5, 0.6) is 0 Å². The van der Waals surface area contributed by atoms with Crippen molar-refractivity contribution in [3.63, 3.8) is 0 Å². The van der Waals surface area contributed by atoms with Gasteiger partial charge in [-0.15, -0.1) is 11.3 Å². The van der Waals surface area contributed by atoms with E-state index in [1.54, 1.807) is 6.07 Å². The van der Waals surface area contributed by atoms with Gasteiger partial charge in [0, 0.05) is 0 Å². The zero-order chi connectivity index (χ0) is 14.5. The maximum Gasteiger partial charge on any atom is 0.267 e. The lowest BCUT2D eigenvalue weighted by Crippen LogP contribution is -2.11. The predicted molar refractivity (Wildman–Crippen MR) is 82.5 cm³/mol. The third-order valence-electron chi connectivity index (χ3n) is 2.63. The van der Waals surface area contributed by atoms with Crippen LogP contribution >= 0.6 is 22.9 Å². The summed E-state index contributed by atoms with van der Waals surface area (Å²) in [6.07, 6.45) is 2.65. The number of halogens is 1. The second-order valence-electron chi connectivity index (χ2n) is 4.08. The SMILES string of the molecule is Cc1cccc(Cl)c1NC(=O)c1cnc(C[B]C=O)s1. The molecule has 0 unspecified atom stereocenters. The highest BCUT2D eigenvalue weighted by Crippen LogP contribution is 2.26. The van der Waals surface area contributed by atoms with Crippen molar-refractivity contribution in [2.75, 3.05) is 5.32 Å². The number of para-hydroxylation sites is 1. The molecular weight excluding hydrogens is 294 g/mol. The number of hydrogen-bond acceptors (Lipinski definition) is 4. The Labute approximate surface area is 126 Å². The smallest absolute Gasteiger partial charge is 0.267 e. The van der Waals surface area contributed by atoms with Crippen molar-refractivity contribution in [1.29, 1.82) is 0 Å². The fourth-order valence-corrected chi connectivity index (χ4v) is 2.68. The van der Waals surface area contributed by atoms with E-state index in [9.17, 15) is 9.59 Å². The summed E-state index contributed by atoms with van der Waals surface area (Å²) in [7, 11) is 1.46. The summed E-state index contributed by atoms with van der Waals surface area (Å²) in [6, 6.07) is 5.42. The lowest BCUT2D eigenvalue weighted by atomic mass is 9.78. The van der Waals surface area contributed by atoms with Crippen molar-refractivity contribution < 1.29 is 9.59 Å². The molecule has 0 fully saturated rings. The molecule has 7 heteroatoms. The van der Waals surface area contributed by atoms with Crippen LogP contribution in [0.3, 0.4) is 0 Å². The molecule has 1 heterocycles. The third-order valence-corrected chi connectivity index (χ3v) is 3.96. The summed E-state index contributed by atoms with van der Waals surface area (Å²) >= 11 is 7.32. The molecule has 0 saturated carbocycles. The van der Waals surface area contributed by atoms with Crippen molar-refractivity contribution in [2.45, 2.75) is 13.2 Å². The van der Waals surface area contributed by atoms with E-state index in [1.807, 2.05) is 19.1 Å². The molecule has 1 N–H and O–H groups in total. The van der Waals surface area contributed by atoms with E-state index < -0.39 is 0 Å². The zero-order valence-electron chi connectivity index (χ0n) is 10.7. The van der Waals surface area contributed by atoms with E-state index in [2.05, 4.69) is 10.3 Å². The Morgan fingerprint density at radius 1 is 1.55 bits per heavy atom. The quantitative estimate of drug-likeness (QED) is 0.682. The van der Waals surface area contributed by atoms with E-state index in [-0.39, 0.29) is 5.91 Å². The predicted octanol–water partition coefficient (Wildman–Crippen LogP) is 2.75. The molecule has 0 atom stereocenters. The number of benzene rings is 1. The number of thiazole rings is 1. The van der Waals surface area contributed by atoms with E-state index in [0.29, 0.717) is 28.1 Å². The van der Waals surface area contributed by atoms with Gasteiger partial charge in [0.15, 0.2) is 0 Å². The van der Waals surface area contributed by atoms with Gasteiger partial charge in [0.05, 0.1) is 28.1 Å². The fourth-order valence-electron chi connectivity index (χ4n) is 1.62. The number of aryl methyl sites for hydroxylation is 1. The van der Waals surface area contributed by atoms with Crippen LogP contribution in [0.2, 0.25) is 5.02 Å². The fraction of sp³-hybridized carbons (Fsp3) is 0.154. The molecule has 1 amide bonds. The third kappa shape index (κ3) is 3.46. The Bertz CT molecular complexity index is 625. The molecule has 0 aliphatic rings. The van der Waals surface area contributed by atoms with Crippen LogP contribution in [-0.4, -0.2) is 24.4 Å². The lowest BCUT2D eigenvalue weighted by Gasteiger charge is -2.08. The van der Waals surface area contributed by atoms with Crippen molar-refractivity contribution in [3.05, 3.63) is 44.9 Å². The summed E-state index contributed by atoms with van der Waals surface area (Å²) in [4.78, 5) is 27.0. The molecule has 20 heavy (non-hydrogen) atoms. The molecule has 0 aliphatic heterocycles. The first kappa shape index (κ1) is 14.7. The maximum atomic E-state index is 12.1. The van der Waals surface area contributed by atoms with Crippen molar-refractivity contribution in [2.24, 2.45) is 0 Å². The first-order valence-electron chi connectivity index (χ1n) is 5.90. The minimum absolute atomic E-state index is 0.254. The average Bonchev–Trinajstić information content (AvgIpc) is 2.89. The van der Waals surface area contributed by atoms with Gasteiger partial charge in [-0.1, -0.05) is 23.7 Å². The number of hydrogen-bond donors (Lipinski definition) is 1. The van der Waals surface area contributed by atoms with E-state index in [0.717, 1.165) is 10.6 Å². The Morgan fingerprint density at radius 3 is 3.05 bits per heavy atom. The lowest BCUT2D eigenvalue weighted by molar-refractivity contribution is 0.103. The Kier molecular flexibility index (Phi) is 4.92. The summed E-state index contributed by atoms with van der Waals surface area (Å²) < 4.78 is 0. The molecule has 101 valence electrons. The van der Waals surface area contributed by atoms with Gasteiger partial charge in [0.2, 0.25) is 7.28 Å². The topological polar surface area (TPSA) is 59.1 Å². The molecule has 1 radical (unpaired) electrons. The highest BCUT2D eigenvalue weighted by atomic mass is 35.5. The van der Waals surface area contributed by atoms with Crippen molar-refractivity contribution in [1.82, 2.24) is 4.98 Å². The van der Waals surface area contributed by atoms with Gasteiger partial charge >= 0.3 is 0 Å². The van der Waals surface area contributed by atoms with E-state index in [1.165, 1.54) is 24.8 Å². The van der Waals surface area contributed by atoms with E-state index in [4.69, 9.17) is 11.6 Å². The zero-order valence-corrected chi connectivity index (χ0v) is 12.3. The summed E-state index contributed by atoms with van der Waals surface area (Å²) in [6.45, 7) is 1.87. The monoisotopic (exact) mass is 305 g/mol. The number of aromatic nitrogens is 1. The second kappa shape index (κ2) is 6.68. The van der Waals surface area contributed by atoms with Crippen molar-refractivity contribution in [3.8, 4) is 0 Å². The molecule has 2 rings (SSSR count). The highest BCUT2D eigenvalue weighted by molar-refractivity contribution is 7.14. The van der Waals surface area contributed by atoms with Crippen molar-refractivity contribution >= 4 is 48.0 Å². The Balaban J connectivity index is 2.12. The number of nitrogens with one attached hydrogen (secondary N) is 1. The number of rotatable bonds is 5. The number of carbonyl (C=O) groups excluding carboxylic acids is 2. The van der Waals surface area contributed by atoms with Crippen LogP contribution in [0, 0.1) is 6.92 Å². The minimum atomic E-state index is -0.254. The number of nitrogens with zero attached hydrogens (tertiary/aromatic N) is 1. The van der Waals surface area contributed by atoms with Gasteiger partial charge in [0.25, 0.3) is 5.91 Å². The van der Waals surface area contributed by atoms with Crippen LogP contribution in [-0.2, 0) is 11.1 Å². The molecule has 0 aliphatic carbocycles. The van der Waals surface area contributed by atoms with Crippen LogP contribution < -0.4 is 5.32 Å². The van der Waals surface area contributed by atoms with Gasteiger partial charge in [-0.25, -0.2) is 4.98 Å². The van der Waals surface area contributed by atoms with E-state index >= 15 is 0 Å². The molecule has 4 nitrogen and oxygen atoms in total. The molecule has 2 aromatic rings. The average molecular weight is 306 g/mol. The maximum absolute atomic E-state index is 12.1. The highest BCUT2D eigenvalue weighted by Gasteiger charge is 2.13. The molecule has 0 saturated heterocycles. The number of carbonyl (C=O) groups is 2. The minimum Gasteiger partial charge on any atom is -0.320 e. The normalized spacial score (nSPS) is 10.1. The van der Waals surface area contributed by atoms with Crippen LogP contribution in [0.15, 0.2) is 24.4 Å². The molecule has 1 aromatic heterocycles. The largest absolute Gasteiger partial charge is 0.320 e. The molecular formula is C13H11BClN2O2S. The van der Waals surface area contributed by atoms with Crippen LogP contribution in [0.25, 0.3) is 0 Å². The standard InChI is InChI=1S/C13H11BClN2O2S/c1-8-3-2-4-9(15)12(8)17-13(19)10-6-16-11(20-10)5-14-7-18/h2-4,6-7H,5H2,1H3,(H,17,19). The molecule has 1 aromatic carbocycles. The number of anilines is 1. The van der Waals surface area contributed by atoms with Crippen LogP contribution in [0.4, 0.5) is 5.69 Å². The van der Waals surface area contributed by atoms with Gasteiger partial charge < -0.3 is 10.1 Å². The first-order valence-corrected chi connectivity index (χ1v) is 7.09. The second-order valence-corrected chi connectivity index (χ2v) is 5.60. The summed E-state index contributed by atoms with van der Waals surface area (Å²) in [5.74, 6) is -0.254. The summed E-state index contributed by atoms with van der Waals surface area (Å²) in [5.41, 5.74) is 1.50. The Morgan fingerprint density at radius 2 is 2.35 bits per heavy atom. The van der Waals surface area contributed by atoms with Gasteiger partial charge in [0.1, 0.15) is 4.88 Å². The van der Waals surface area contributed by atoms with Gasteiger partial charge in [-0.05, 0) is 24.9 Å². The van der Waals surface area contributed by atoms with Gasteiger partial charge in [-0.2, -0.15) is 0 Å². The van der Waals surface area contributed by atoms with Crippen LogP contribution in [0.1, 0.15) is 20.2 Å². The first-order chi connectivity index (χ1) is 9.61. The number of amides is 1. The van der Waals surface area contributed by atoms with Gasteiger partial charge in [-0.3, -0.25) is 4.79 Å². The summed E-state index contributed by atoms with van der Waals surface area (Å²) in [5, 5.41) is 4.00. The Hall–Kier alpha value is -1.66. The molecule has 0 spiro atoms. The molecule has 0 bridgehead atoms.